The molecule has 11 heteroatoms. The minimum Gasteiger partial charge on any atom is -0.460 e. The van der Waals surface area contributed by atoms with E-state index in [1.807, 2.05) is 0 Å². The van der Waals surface area contributed by atoms with E-state index >= 15 is 0 Å². The van der Waals surface area contributed by atoms with Crippen LogP contribution in [0.4, 0.5) is 0 Å². The number of hydrogen-bond acceptors (Lipinski definition) is 8. The number of para-hydroxylation sites is 1. The zero-order valence-electron chi connectivity index (χ0n) is 25.6. The number of ether oxygens (including phenoxy) is 1. The van der Waals surface area contributed by atoms with Gasteiger partial charge in [-0.3, -0.25) is 20.9 Å². The van der Waals surface area contributed by atoms with Crippen molar-refractivity contribution in [2.24, 2.45) is 11.5 Å². The van der Waals surface area contributed by atoms with Crippen molar-refractivity contribution in [1.29, 1.82) is 5.41 Å². The molecule has 0 radical (unpaired) electrons. The molecular weight excluding hydrogens is 614 g/mol. The minimum atomic E-state index is -4.63. The summed E-state index contributed by atoms with van der Waals surface area (Å²) in [6, 6.07) is 24.9. The maximum atomic E-state index is 14.6. The van der Waals surface area contributed by atoms with Crippen molar-refractivity contribution in [3.63, 3.8) is 0 Å². The topological polar surface area (TPSA) is 178 Å². The molecule has 6 N–H and O–H groups in total. The molecule has 0 aliphatic heterocycles. The number of aromatic nitrogens is 1. The van der Waals surface area contributed by atoms with E-state index in [1.165, 1.54) is 24.4 Å². The number of nitrogen functional groups attached to an aromatic ring is 1. The molecule has 1 unspecified atom stereocenters. The second-order valence-corrected chi connectivity index (χ2v) is 13.9. The summed E-state index contributed by atoms with van der Waals surface area (Å²) in [5.41, 5.74) is 14.3. The number of rotatable bonds is 9. The van der Waals surface area contributed by atoms with Crippen molar-refractivity contribution in [3.8, 4) is 0 Å². The van der Waals surface area contributed by atoms with Crippen LogP contribution in [0.1, 0.15) is 59.2 Å². The number of amidine groups is 1. The lowest BCUT2D eigenvalue weighted by Crippen LogP contribution is -2.53. The number of amides is 1. The van der Waals surface area contributed by atoms with E-state index in [1.54, 1.807) is 72.8 Å². The van der Waals surface area contributed by atoms with Gasteiger partial charge in [-0.1, -0.05) is 73.2 Å². The smallest absolute Gasteiger partial charge is 0.347 e. The quantitative estimate of drug-likeness (QED) is 0.0972. The lowest BCUT2D eigenvalue weighted by molar-refractivity contribution is -0.154. The molecule has 0 saturated heterocycles. The van der Waals surface area contributed by atoms with Gasteiger partial charge in [0.05, 0.1) is 10.4 Å². The van der Waals surface area contributed by atoms with Crippen molar-refractivity contribution in [2.75, 3.05) is 0 Å². The molecule has 4 aromatic carbocycles. The standard InChI is InChI=1S/C36H35N5O5S/c37-33(38)25-16-14-23(15-17-25)22-41-34(42)30-12-4-8-26-21-27(18-19-29(26)30)36(39,35(43)46-28-10-2-1-3-11-28)47(44,45)31-13-5-7-24-9-6-20-40-32(24)31/h4-9,12-21,28H,1-3,10-11,22,39H2,(H3,37,38)(H,41,42). The molecule has 240 valence electrons. The highest BCUT2D eigenvalue weighted by Crippen LogP contribution is 2.38. The molecule has 1 aliphatic carbocycles. The van der Waals surface area contributed by atoms with E-state index in [0.29, 0.717) is 40.1 Å². The Morgan fingerprint density at radius 1 is 0.915 bits per heavy atom. The first kappa shape index (κ1) is 31.8. The van der Waals surface area contributed by atoms with Crippen LogP contribution in [-0.2, 0) is 30.8 Å². The molecular formula is C36H35N5O5S. The lowest BCUT2D eigenvalue weighted by Gasteiger charge is -2.31. The molecule has 1 saturated carbocycles. The largest absolute Gasteiger partial charge is 0.460 e. The highest BCUT2D eigenvalue weighted by atomic mass is 32.2. The van der Waals surface area contributed by atoms with Gasteiger partial charge in [0.25, 0.3) is 5.91 Å². The summed E-state index contributed by atoms with van der Waals surface area (Å²) >= 11 is 0. The van der Waals surface area contributed by atoms with E-state index < -0.39 is 26.8 Å². The lowest BCUT2D eigenvalue weighted by atomic mass is 9.97. The predicted molar refractivity (Wildman–Crippen MR) is 180 cm³/mol. The van der Waals surface area contributed by atoms with Crippen LogP contribution in [0.3, 0.4) is 0 Å². The Hall–Kier alpha value is -5.13. The average molecular weight is 650 g/mol. The number of esters is 1. The summed E-state index contributed by atoms with van der Waals surface area (Å²) in [6.45, 7) is 0.238. The highest BCUT2D eigenvalue weighted by molar-refractivity contribution is 7.93. The van der Waals surface area contributed by atoms with Gasteiger partial charge in [0.15, 0.2) is 0 Å². The van der Waals surface area contributed by atoms with E-state index in [-0.39, 0.29) is 34.3 Å². The van der Waals surface area contributed by atoms with E-state index in [2.05, 4.69) is 10.3 Å². The molecule has 0 spiro atoms. The van der Waals surface area contributed by atoms with Crippen LogP contribution < -0.4 is 16.8 Å². The molecule has 1 fully saturated rings. The molecule has 1 heterocycles. The number of pyridine rings is 1. The second-order valence-electron chi connectivity index (χ2n) is 11.8. The first-order chi connectivity index (χ1) is 22.6. The summed E-state index contributed by atoms with van der Waals surface area (Å²) in [4.78, 5) is 28.9. The van der Waals surface area contributed by atoms with Crippen molar-refractivity contribution in [1.82, 2.24) is 10.3 Å². The van der Waals surface area contributed by atoms with Crippen LogP contribution in [0.2, 0.25) is 0 Å². The summed E-state index contributed by atoms with van der Waals surface area (Å²) in [5.74, 6) is -1.44. The number of benzene rings is 4. The van der Waals surface area contributed by atoms with Gasteiger partial charge in [0.1, 0.15) is 11.9 Å². The highest BCUT2D eigenvalue weighted by Gasteiger charge is 2.53. The molecule has 0 bridgehead atoms. The van der Waals surface area contributed by atoms with Crippen LogP contribution in [0, 0.1) is 5.41 Å². The Bertz CT molecular complexity index is 2110. The number of nitrogens with one attached hydrogen (secondary N) is 2. The van der Waals surface area contributed by atoms with Crippen LogP contribution in [0.15, 0.2) is 102 Å². The first-order valence-electron chi connectivity index (χ1n) is 15.4. The van der Waals surface area contributed by atoms with Gasteiger partial charge in [0.2, 0.25) is 14.7 Å². The van der Waals surface area contributed by atoms with E-state index in [4.69, 9.17) is 21.6 Å². The van der Waals surface area contributed by atoms with Gasteiger partial charge in [-0.15, -0.1) is 0 Å². The zero-order chi connectivity index (χ0) is 33.2. The Labute approximate surface area is 272 Å². The van der Waals surface area contributed by atoms with E-state index in [0.717, 1.165) is 24.8 Å². The molecule has 47 heavy (non-hydrogen) atoms. The third-order valence-electron chi connectivity index (χ3n) is 8.71. The third kappa shape index (κ3) is 6.07. The third-order valence-corrected chi connectivity index (χ3v) is 10.9. The fraction of sp³-hybridized carbons (Fsp3) is 0.222. The molecule has 10 nitrogen and oxygen atoms in total. The Morgan fingerprint density at radius 3 is 2.36 bits per heavy atom. The fourth-order valence-corrected chi connectivity index (χ4v) is 7.80. The number of carbonyl (C=O) groups excluding carboxylic acids is 2. The van der Waals surface area contributed by atoms with Gasteiger partial charge in [-0.25, -0.2) is 13.2 Å². The SMILES string of the molecule is N=C(N)c1ccc(CNC(=O)c2cccc3cc(C(N)(C(=O)OC4CCCCC4)S(=O)(=O)c4cccc5cccnc45)ccc23)cc1. The predicted octanol–water partition coefficient (Wildman–Crippen LogP) is 5.06. The Balaban J connectivity index is 1.38. The maximum Gasteiger partial charge on any atom is 0.347 e. The molecule has 5 aromatic rings. The summed E-state index contributed by atoms with van der Waals surface area (Å²) < 4.78 is 35.0. The molecule has 1 atom stereocenters. The first-order valence-corrected chi connectivity index (χ1v) is 16.9. The number of sulfone groups is 1. The molecule has 1 amide bonds. The van der Waals surface area contributed by atoms with Crippen LogP contribution >= 0.6 is 0 Å². The normalized spacial score (nSPS) is 15.2. The van der Waals surface area contributed by atoms with Gasteiger partial charge in [-0.05, 0) is 71.8 Å². The van der Waals surface area contributed by atoms with Crippen LogP contribution in [0.5, 0.6) is 0 Å². The minimum absolute atomic E-state index is 0.0156. The van der Waals surface area contributed by atoms with E-state index in [9.17, 15) is 18.0 Å². The number of fused-ring (bicyclic) bond motifs is 2. The maximum absolute atomic E-state index is 14.6. The number of carbonyl (C=O) groups is 2. The zero-order valence-corrected chi connectivity index (χ0v) is 26.4. The van der Waals surface area contributed by atoms with Gasteiger partial charge in [0, 0.05) is 29.3 Å². The van der Waals surface area contributed by atoms with Crippen molar-refractivity contribution in [3.05, 3.63) is 119 Å². The van der Waals surface area contributed by atoms with Gasteiger partial charge in [-0.2, -0.15) is 0 Å². The number of nitrogens with two attached hydrogens (primary N) is 2. The van der Waals surface area contributed by atoms with Crippen molar-refractivity contribution < 1.29 is 22.7 Å². The Morgan fingerprint density at radius 2 is 1.62 bits per heavy atom. The van der Waals surface area contributed by atoms with Gasteiger partial charge >= 0.3 is 5.97 Å². The fourth-order valence-electron chi connectivity index (χ4n) is 6.06. The number of nitrogens with zero attached hydrogens (tertiary/aromatic N) is 1. The van der Waals surface area contributed by atoms with Crippen LogP contribution in [0.25, 0.3) is 21.7 Å². The average Bonchev–Trinajstić information content (AvgIpc) is 3.09. The van der Waals surface area contributed by atoms with Crippen LogP contribution in [-0.4, -0.2) is 37.2 Å². The summed E-state index contributed by atoms with van der Waals surface area (Å²) in [6.07, 6.45) is 5.09. The van der Waals surface area contributed by atoms with Crippen molar-refractivity contribution >= 4 is 49.2 Å². The molecule has 1 aromatic heterocycles. The van der Waals surface area contributed by atoms with Gasteiger partial charge < -0.3 is 15.8 Å². The summed E-state index contributed by atoms with van der Waals surface area (Å²) in [5, 5.41) is 12.1. The molecule has 6 rings (SSSR count). The Kier molecular flexibility index (Phi) is 8.76. The van der Waals surface area contributed by atoms with Crippen molar-refractivity contribution in [2.45, 2.75) is 54.5 Å². The second kappa shape index (κ2) is 12.9. The number of hydrogen-bond donors (Lipinski definition) is 4. The summed E-state index contributed by atoms with van der Waals surface area (Å²) in [7, 11) is -4.63. The molecule has 1 aliphatic rings. The monoisotopic (exact) mass is 649 g/mol.